The fraction of sp³-hybridized carbons (Fsp3) is 0.455. The molecule has 106 valence electrons. The first-order chi connectivity index (χ1) is 8.69. The number of aromatic nitrogens is 1. The van der Waals surface area contributed by atoms with Crippen molar-refractivity contribution in [1.29, 1.82) is 0 Å². The maximum Gasteiger partial charge on any atom is 0.422 e. The third-order valence-corrected chi connectivity index (χ3v) is 2.27. The van der Waals surface area contributed by atoms with Crippen LogP contribution in [0.4, 0.5) is 18.0 Å². The smallest absolute Gasteiger partial charge is 0.422 e. The summed E-state index contributed by atoms with van der Waals surface area (Å²) in [4.78, 5) is 25.1. The lowest BCUT2D eigenvalue weighted by molar-refractivity contribution is -0.160. The molecule has 1 rings (SSSR count). The number of hydrogen-bond donors (Lipinski definition) is 2. The van der Waals surface area contributed by atoms with E-state index < -0.39 is 24.4 Å². The quantitative estimate of drug-likeness (QED) is 0.885. The highest BCUT2D eigenvalue weighted by Crippen LogP contribution is 2.14. The van der Waals surface area contributed by atoms with Crippen molar-refractivity contribution in [3.63, 3.8) is 0 Å². The molecule has 0 spiro atoms. The third-order valence-electron chi connectivity index (χ3n) is 2.27. The summed E-state index contributed by atoms with van der Waals surface area (Å²) in [5, 5.41) is 2.09. The van der Waals surface area contributed by atoms with E-state index in [2.05, 4.69) is 15.0 Å². The highest BCUT2D eigenvalue weighted by molar-refractivity contribution is 5.67. The first-order valence-corrected chi connectivity index (χ1v) is 5.36. The predicted octanol–water partition coefficient (Wildman–Crippen LogP) is 1.78. The summed E-state index contributed by atoms with van der Waals surface area (Å²) in [6.45, 7) is 1.50. The maximum atomic E-state index is 11.8. The number of alkyl halides is 3. The Kier molecular flexibility index (Phi) is 4.57. The Bertz CT molecular complexity index is 523. The van der Waals surface area contributed by atoms with Crippen molar-refractivity contribution in [2.45, 2.75) is 26.6 Å². The molecule has 0 aromatic carbocycles. The van der Waals surface area contributed by atoms with Crippen molar-refractivity contribution in [1.82, 2.24) is 10.3 Å². The van der Waals surface area contributed by atoms with Crippen LogP contribution in [-0.2, 0) is 11.3 Å². The zero-order valence-electron chi connectivity index (χ0n) is 10.4. The topological polar surface area (TPSA) is 71.2 Å². The number of pyridine rings is 1. The van der Waals surface area contributed by atoms with Crippen molar-refractivity contribution in [3.05, 3.63) is 33.2 Å². The molecule has 0 aliphatic rings. The second-order valence-corrected chi connectivity index (χ2v) is 3.99. The van der Waals surface area contributed by atoms with E-state index in [9.17, 15) is 22.8 Å². The van der Waals surface area contributed by atoms with Crippen LogP contribution in [-0.4, -0.2) is 23.9 Å². The molecule has 1 aromatic heterocycles. The van der Waals surface area contributed by atoms with E-state index in [1.54, 1.807) is 19.9 Å². The van der Waals surface area contributed by atoms with E-state index >= 15 is 0 Å². The first kappa shape index (κ1) is 15.1. The highest BCUT2D eigenvalue weighted by atomic mass is 19.4. The number of nitrogens with one attached hydrogen (secondary N) is 2. The molecule has 0 radical (unpaired) electrons. The Morgan fingerprint density at radius 3 is 2.58 bits per heavy atom. The molecule has 0 unspecified atom stereocenters. The van der Waals surface area contributed by atoms with Gasteiger partial charge in [-0.25, -0.2) is 4.79 Å². The lowest BCUT2D eigenvalue weighted by Gasteiger charge is -2.10. The van der Waals surface area contributed by atoms with Gasteiger partial charge in [0.25, 0.3) is 5.56 Å². The molecule has 0 aliphatic heterocycles. The number of amides is 1. The molecule has 0 saturated heterocycles. The molecule has 1 aromatic rings. The summed E-state index contributed by atoms with van der Waals surface area (Å²) in [7, 11) is 0. The number of carbonyl (C=O) groups is 1. The minimum Gasteiger partial charge on any atom is -0.440 e. The SMILES string of the molecule is Cc1cc(C)c(CNC(=O)OCC(F)(F)F)c(=O)[nH]1. The molecule has 1 heterocycles. The number of aryl methyl sites for hydroxylation is 2. The summed E-state index contributed by atoms with van der Waals surface area (Å²) in [5.41, 5.74) is 1.17. The van der Waals surface area contributed by atoms with E-state index in [1.807, 2.05) is 0 Å². The maximum absolute atomic E-state index is 11.8. The molecule has 8 heteroatoms. The fourth-order valence-corrected chi connectivity index (χ4v) is 1.46. The van der Waals surface area contributed by atoms with Gasteiger partial charge in [-0.1, -0.05) is 0 Å². The minimum absolute atomic E-state index is 0.196. The van der Waals surface area contributed by atoms with Crippen molar-refractivity contribution in [2.24, 2.45) is 0 Å². The van der Waals surface area contributed by atoms with E-state index in [0.717, 1.165) is 0 Å². The van der Waals surface area contributed by atoms with Gasteiger partial charge in [0, 0.05) is 11.3 Å². The zero-order chi connectivity index (χ0) is 14.6. The van der Waals surface area contributed by atoms with Crippen LogP contribution < -0.4 is 10.9 Å². The van der Waals surface area contributed by atoms with Crippen LogP contribution in [0, 0.1) is 13.8 Å². The highest BCUT2D eigenvalue weighted by Gasteiger charge is 2.29. The Hall–Kier alpha value is -1.99. The van der Waals surface area contributed by atoms with Gasteiger partial charge in [0.15, 0.2) is 6.61 Å². The molecule has 0 bridgehead atoms. The van der Waals surface area contributed by atoms with Gasteiger partial charge >= 0.3 is 12.3 Å². The summed E-state index contributed by atoms with van der Waals surface area (Å²) in [6.07, 6.45) is -5.80. The van der Waals surface area contributed by atoms with Crippen molar-refractivity contribution in [2.75, 3.05) is 6.61 Å². The van der Waals surface area contributed by atoms with Crippen molar-refractivity contribution in [3.8, 4) is 0 Å². The molecule has 0 saturated carbocycles. The zero-order valence-corrected chi connectivity index (χ0v) is 10.4. The van der Waals surface area contributed by atoms with Crippen LogP contribution in [0.15, 0.2) is 10.9 Å². The number of ether oxygens (including phenoxy) is 1. The molecular formula is C11H13F3N2O3. The Morgan fingerprint density at radius 1 is 1.42 bits per heavy atom. The number of hydrogen-bond acceptors (Lipinski definition) is 3. The number of aromatic amines is 1. The minimum atomic E-state index is -4.57. The van der Waals surface area contributed by atoms with Gasteiger partial charge in [-0.2, -0.15) is 13.2 Å². The summed E-state index contributed by atoms with van der Waals surface area (Å²) >= 11 is 0. The van der Waals surface area contributed by atoms with Crippen molar-refractivity contribution >= 4 is 6.09 Å². The number of alkyl carbamates (subject to hydrolysis) is 1. The van der Waals surface area contributed by atoms with Crippen LogP contribution in [0.5, 0.6) is 0 Å². The van der Waals surface area contributed by atoms with Gasteiger partial charge in [0.05, 0.1) is 6.54 Å². The molecule has 0 fully saturated rings. The lowest BCUT2D eigenvalue weighted by Crippen LogP contribution is -2.31. The van der Waals surface area contributed by atoms with Gasteiger partial charge in [-0.05, 0) is 25.5 Å². The van der Waals surface area contributed by atoms with Crippen LogP contribution >= 0.6 is 0 Å². The average Bonchev–Trinajstić information content (AvgIpc) is 2.23. The molecule has 2 N–H and O–H groups in total. The summed E-state index contributed by atoms with van der Waals surface area (Å²) in [5.74, 6) is 0. The van der Waals surface area contributed by atoms with Gasteiger partial charge in [0.2, 0.25) is 0 Å². The normalized spacial score (nSPS) is 11.2. The molecule has 0 aliphatic carbocycles. The predicted molar refractivity (Wildman–Crippen MR) is 60.8 cm³/mol. The fourth-order valence-electron chi connectivity index (χ4n) is 1.46. The number of carbonyl (C=O) groups excluding carboxylic acids is 1. The number of H-pyrrole nitrogens is 1. The van der Waals surface area contributed by atoms with Crippen molar-refractivity contribution < 1.29 is 22.7 Å². The van der Waals surface area contributed by atoms with Gasteiger partial charge in [0.1, 0.15) is 0 Å². The molecule has 5 nitrogen and oxygen atoms in total. The van der Waals surface area contributed by atoms with Gasteiger partial charge in [-0.15, -0.1) is 0 Å². The Labute approximate surface area is 106 Å². The molecular weight excluding hydrogens is 265 g/mol. The van der Waals surface area contributed by atoms with E-state index in [-0.39, 0.29) is 12.1 Å². The Morgan fingerprint density at radius 2 is 2.05 bits per heavy atom. The van der Waals surface area contributed by atoms with Crippen LogP contribution in [0.2, 0.25) is 0 Å². The number of rotatable bonds is 3. The average molecular weight is 278 g/mol. The number of halogens is 3. The molecule has 1 amide bonds. The summed E-state index contributed by atoms with van der Waals surface area (Å²) < 4.78 is 39.3. The second-order valence-electron chi connectivity index (χ2n) is 3.99. The third kappa shape index (κ3) is 5.02. The largest absolute Gasteiger partial charge is 0.440 e. The van der Waals surface area contributed by atoms with E-state index in [1.165, 1.54) is 0 Å². The summed E-state index contributed by atoms with van der Waals surface area (Å²) in [6, 6.07) is 1.69. The standard InChI is InChI=1S/C11H13F3N2O3/c1-6-3-7(2)16-9(17)8(6)4-15-10(18)19-5-11(12,13)14/h3H,4-5H2,1-2H3,(H,15,18)(H,16,17). The Balaban J connectivity index is 2.58. The monoisotopic (exact) mass is 278 g/mol. The van der Waals surface area contributed by atoms with Gasteiger partial charge in [-0.3, -0.25) is 4.79 Å². The van der Waals surface area contributed by atoms with Crippen LogP contribution in [0.25, 0.3) is 0 Å². The van der Waals surface area contributed by atoms with Gasteiger partial charge < -0.3 is 15.0 Å². The molecule has 0 atom stereocenters. The first-order valence-electron chi connectivity index (χ1n) is 5.36. The van der Waals surface area contributed by atoms with Crippen LogP contribution in [0.3, 0.4) is 0 Å². The molecule has 19 heavy (non-hydrogen) atoms. The van der Waals surface area contributed by atoms with E-state index in [0.29, 0.717) is 11.3 Å². The lowest BCUT2D eigenvalue weighted by atomic mass is 10.1. The second kappa shape index (κ2) is 5.77. The van der Waals surface area contributed by atoms with Crippen LogP contribution in [0.1, 0.15) is 16.8 Å². The van der Waals surface area contributed by atoms with E-state index in [4.69, 9.17) is 0 Å².